The van der Waals surface area contributed by atoms with Crippen molar-refractivity contribution >= 4 is 11.7 Å². The summed E-state index contributed by atoms with van der Waals surface area (Å²) in [4.78, 5) is 15.7. The van der Waals surface area contributed by atoms with E-state index in [1.54, 1.807) is 6.92 Å². The van der Waals surface area contributed by atoms with Crippen molar-refractivity contribution < 1.29 is 9.32 Å². The van der Waals surface area contributed by atoms with E-state index in [0.717, 1.165) is 11.3 Å². The number of hydrogen-bond acceptors (Lipinski definition) is 5. The smallest absolute Gasteiger partial charge is 0.227 e. The molecule has 0 unspecified atom stereocenters. The minimum atomic E-state index is -0.125. The molecule has 0 aliphatic carbocycles. The first-order valence-corrected chi connectivity index (χ1v) is 5.67. The van der Waals surface area contributed by atoms with Crippen LogP contribution in [-0.4, -0.2) is 26.2 Å². The van der Waals surface area contributed by atoms with E-state index in [0.29, 0.717) is 24.0 Å². The van der Waals surface area contributed by atoms with Crippen molar-refractivity contribution in [2.45, 2.75) is 33.6 Å². The lowest BCUT2D eigenvalue weighted by molar-refractivity contribution is -0.116. The molecule has 2 heterocycles. The highest BCUT2D eigenvalue weighted by Crippen LogP contribution is 2.14. The molecule has 2 aromatic rings. The lowest BCUT2D eigenvalue weighted by Crippen LogP contribution is -2.13. The average molecular weight is 249 g/mol. The maximum atomic E-state index is 11.7. The molecule has 18 heavy (non-hydrogen) atoms. The number of carbonyl (C=O) groups excluding carboxylic acids is 1. The van der Waals surface area contributed by atoms with Crippen molar-refractivity contribution in [3.63, 3.8) is 0 Å². The number of carbonyl (C=O) groups is 1. The highest BCUT2D eigenvalue weighted by atomic mass is 16.5. The van der Waals surface area contributed by atoms with Crippen LogP contribution < -0.4 is 5.32 Å². The third kappa shape index (κ3) is 2.73. The summed E-state index contributed by atoms with van der Waals surface area (Å²) < 4.78 is 4.93. The topological polar surface area (TPSA) is 96.7 Å². The lowest BCUT2D eigenvalue weighted by Gasteiger charge is -2.01. The lowest BCUT2D eigenvalue weighted by atomic mass is 10.2. The Morgan fingerprint density at radius 2 is 2.17 bits per heavy atom. The molecule has 0 fully saturated rings. The van der Waals surface area contributed by atoms with Crippen LogP contribution >= 0.6 is 0 Å². The van der Waals surface area contributed by atoms with Gasteiger partial charge in [-0.05, 0) is 20.8 Å². The maximum absolute atomic E-state index is 11.7. The minimum Gasteiger partial charge on any atom is -0.339 e. The summed E-state index contributed by atoms with van der Waals surface area (Å²) in [7, 11) is 0. The van der Waals surface area contributed by atoms with E-state index in [4.69, 9.17) is 4.52 Å². The number of anilines is 1. The number of nitrogens with one attached hydrogen (secondary N) is 2. The molecule has 0 bridgehead atoms. The molecule has 0 atom stereocenters. The molecule has 0 aliphatic rings. The summed E-state index contributed by atoms with van der Waals surface area (Å²) in [6, 6.07) is 0. The van der Waals surface area contributed by atoms with E-state index in [9.17, 15) is 4.79 Å². The molecule has 0 saturated carbocycles. The second-order valence-electron chi connectivity index (χ2n) is 4.11. The van der Waals surface area contributed by atoms with Gasteiger partial charge in [-0.3, -0.25) is 9.89 Å². The summed E-state index contributed by atoms with van der Waals surface area (Å²) in [6.07, 6.45) is 0.710. The van der Waals surface area contributed by atoms with Crippen LogP contribution in [0.5, 0.6) is 0 Å². The second-order valence-corrected chi connectivity index (χ2v) is 4.11. The van der Waals surface area contributed by atoms with E-state index in [1.807, 2.05) is 13.8 Å². The molecule has 2 rings (SSSR count). The maximum Gasteiger partial charge on any atom is 0.227 e. The Hall–Kier alpha value is -2.18. The van der Waals surface area contributed by atoms with Gasteiger partial charge in [0.1, 0.15) is 0 Å². The number of aromatic nitrogens is 4. The third-order valence-corrected chi connectivity index (χ3v) is 2.65. The van der Waals surface area contributed by atoms with Crippen LogP contribution in [0.3, 0.4) is 0 Å². The Morgan fingerprint density at radius 1 is 1.39 bits per heavy atom. The molecule has 7 heteroatoms. The van der Waals surface area contributed by atoms with Gasteiger partial charge < -0.3 is 9.84 Å². The predicted octanol–water partition coefficient (Wildman–Crippen LogP) is 1.29. The van der Waals surface area contributed by atoms with E-state index in [2.05, 4.69) is 25.7 Å². The molecule has 0 spiro atoms. The molecule has 0 aliphatic heterocycles. The van der Waals surface area contributed by atoms with Crippen LogP contribution in [0.15, 0.2) is 4.52 Å². The first kappa shape index (κ1) is 12.3. The average Bonchev–Trinajstić information content (AvgIpc) is 2.88. The fourth-order valence-electron chi connectivity index (χ4n) is 1.46. The van der Waals surface area contributed by atoms with Crippen molar-refractivity contribution in [1.82, 2.24) is 20.3 Å². The van der Waals surface area contributed by atoms with Gasteiger partial charge in [0, 0.05) is 24.1 Å². The van der Waals surface area contributed by atoms with Gasteiger partial charge in [-0.25, -0.2) is 0 Å². The molecule has 0 radical (unpaired) electrons. The van der Waals surface area contributed by atoms with Crippen LogP contribution in [0.4, 0.5) is 5.82 Å². The predicted molar refractivity (Wildman–Crippen MR) is 64.0 cm³/mol. The number of aromatic amines is 1. The van der Waals surface area contributed by atoms with E-state index in [1.165, 1.54) is 0 Å². The van der Waals surface area contributed by atoms with Crippen LogP contribution in [0.1, 0.15) is 29.4 Å². The zero-order chi connectivity index (χ0) is 13.1. The van der Waals surface area contributed by atoms with Crippen LogP contribution in [-0.2, 0) is 11.2 Å². The summed E-state index contributed by atoms with van der Waals surface area (Å²) in [5, 5.41) is 13.2. The van der Waals surface area contributed by atoms with Gasteiger partial charge in [0.2, 0.25) is 11.8 Å². The van der Waals surface area contributed by atoms with Crippen molar-refractivity contribution in [2.24, 2.45) is 0 Å². The molecular weight excluding hydrogens is 234 g/mol. The molecule has 0 aromatic carbocycles. The van der Waals surface area contributed by atoms with Gasteiger partial charge in [0.15, 0.2) is 11.6 Å². The van der Waals surface area contributed by atoms with E-state index >= 15 is 0 Å². The summed E-state index contributed by atoms with van der Waals surface area (Å²) in [6.45, 7) is 5.54. The van der Waals surface area contributed by atoms with Crippen LogP contribution in [0, 0.1) is 20.8 Å². The number of hydrogen-bond donors (Lipinski definition) is 2. The van der Waals surface area contributed by atoms with Gasteiger partial charge in [-0.2, -0.15) is 10.1 Å². The number of aryl methyl sites for hydroxylation is 3. The number of nitrogens with zero attached hydrogens (tertiary/aromatic N) is 3. The first-order chi connectivity index (χ1) is 8.56. The minimum absolute atomic E-state index is 0.125. The van der Waals surface area contributed by atoms with E-state index < -0.39 is 0 Å². The fraction of sp³-hybridized carbons (Fsp3) is 0.455. The molecule has 0 saturated heterocycles. The SMILES string of the molecule is Cc1noc(CCC(=O)Nc2n[nH]c(C)c2C)n1. The normalized spacial score (nSPS) is 10.6. The second kappa shape index (κ2) is 4.99. The molecule has 2 N–H and O–H groups in total. The Balaban J connectivity index is 1.87. The monoisotopic (exact) mass is 249 g/mol. The Bertz CT molecular complexity index is 558. The van der Waals surface area contributed by atoms with Crippen molar-refractivity contribution in [2.75, 3.05) is 5.32 Å². The van der Waals surface area contributed by atoms with Gasteiger partial charge in [0.25, 0.3) is 0 Å². The summed E-state index contributed by atoms with van der Waals surface area (Å²) >= 11 is 0. The van der Waals surface area contributed by atoms with Crippen molar-refractivity contribution in [1.29, 1.82) is 0 Å². The summed E-state index contributed by atoms with van der Waals surface area (Å²) in [5.41, 5.74) is 1.88. The van der Waals surface area contributed by atoms with Gasteiger partial charge in [-0.15, -0.1) is 0 Å². The van der Waals surface area contributed by atoms with Gasteiger partial charge in [-0.1, -0.05) is 5.16 Å². The highest BCUT2D eigenvalue weighted by Gasteiger charge is 2.11. The number of rotatable bonds is 4. The highest BCUT2D eigenvalue weighted by molar-refractivity contribution is 5.90. The number of amides is 1. The Kier molecular flexibility index (Phi) is 3.40. The van der Waals surface area contributed by atoms with Crippen LogP contribution in [0.25, 0.3) is 0 Å². The van der Waals surface area contributed by atoms with Gasteiger partial charge >= 0.3 is 0 Å². The zero-order valence-corrected chi connectivity index (χ0v) is 10.6. The van der Waals surface area contributed by atoms with Gasteiger partial charge in [0.05, 0.1) is 0 Å². The standard InChI is InChI=1S/C11H15N5O2/c1-6-7(2)14-15-11(6)13-9(17)4-5-10-12-8(3)16-18-10/h4-5H2,1-3H3,(H2,13,14,15,17). The number of H-pyrrole nitrogens is 1. The van der Waals surface area contributed by atoms with Crippen molar-refractivity contribution in [3.8, 4) is 0 Å². The Labute approximate surface area is 104 Å². The third-order valence-electron chi connectivity index (χ3n) is 2.65. The largest absolute Gasteiger partial charge is 0.339 e. The van der Waals surface area contributed by atoms with Crippen molar-refractivity contribution in [3.05, 3.63) is 23.0 Å². The Morgan fingerprint density at radius 3 is 2.72 bits per heavy atom. The quantitative estimate of drug-likeness (QED) is 0.851. The van der Waals surface area contributed by atoms with E-state index in [-0.39, 0.29) is 12.3 Å². The molecule has 2 aromatic heterocycles. The molecule has 7 nitrogen and oxygen atoms in total. The summed E-state index contributed by atoms with van der Waals surface area (Å²) in [5.74, 6) is 1.49. The fourth-order valence-corrected chi connectivity index (χ4v) is 1.46. The molecule has 96 valence electrons. The first-order valence-electron chi connectivity index (χ1n) is 5.67. The van der Waals surface area contributed by atoms with Crippen LogP contribution in [0.2, 0.25) is 0 Å². The zero-order valence-electron chi connectivity index (χ0n) is 10.6. The molecular formula is C11H15N5O2. The molecule has 1 amide bonds.